The van der Waals surface area contributed by atoms with Crippen LogP contribution in [0, 0.1) is 0 Å². The van der Waals surface area contributed by atoms with Gasteiger partial charge < -0.3 is 9.84 Å². The quantitative estimate of drug-likeness (QED) is 0.616. The summed E-state index contributed by atoms with van der Waals surface area (Å²) in [7, 11) is -3.74. The second kappa shape index (κ2) is 7.67. The predicted octanol–water partition coefficient (Wildman–Crippen LogP) is 1.86. The zero-order valence-corrected chi connectivity index (χ0v) is 15.1. The van der Waals surface area contributed by atoms with Gasteiger partial charge in [-0.15, -0.1) is 4.40 Å². The summed E-state index contributed by atoms with van der Waals surface area (Å²) >= 11 is 0. The summed E-state index contributed by atoms with van der Waals surface area (Å²) < 4.78 is 33.6. The number of fused-ring (bicyclic) bond motifs is 1. The van der Waals surface area contributed by atoms with E-state index in [9.17, 15) is 13.5 Å². The molecule has 0 atom stereocenters. The van der Waals surface area contributed by atoms with Crippen molar-refractivity contribution in [3.05, 3.63) is 59.7 Å². The van der Waals surface area contributed by atoms with Crippen molar-refractivity contribution in [3.8, 4) is 5.75 Å². The molecule has 0 aromatic heterocycles. The first kappa shape index (κ1) is 18.1. The van der Waals surface area contributed by atoms with Gasteiger partial charge in [0.15, 0.2) is 5.84 Å². The molecule has 0 spiro atoms. The SMILES string of the molecule is CCOc1ccc(/C=N\N(CCO)C2=NS(=O)(=O)c3ccccc32)cc1. The van der Waals surface area contributed by atoms with E-state index in [2.05, 4.69) is 9.50 Å². The van der Waals surface area contributed by atoms with Crippen molar-refractivity contribution in [2.24, 2.45) is 9.50 Å². The average molecular weight is 373 g/mol. The van der Waals surface area contributed by atoms with Gasteiger partial charge in [-0.1, -0.05) is 12.1 Å². The zero-order chi connectivity index (χ0) is 18.6. The Labute approximate surface area is 152 Å². The summed E-state index contributed by atoms with van der Waals surface area (Å²) in [6, 6.07) is 13.9. The number of rotatable bonds is 6. The highest BCUT2D eigenvalue weighted by atomic mass is 32.2. The maximum absolute atomic E-state index is 12.2. The van der Waals surface area contributed by atoms with E-state index in [4.69, 9.17) is 4.74 Å². The van der Waals surface area contributed by atoms with E-state index in [0.717, 1.165) is 11.3 Å². The van der Waals surface area contributed by atoms with Crippen LogP contribution in [0.25, 0.3) is 0 Å². The number of ether oxygens (including phenoxy) is 1. The first-order valence-corrected chi connectivity index (χ1v) is 9.59. The van der Waals surface area contributed by atoms with Crippen LogP contribution in [0.15, 0.2) is 62.9 Å². The molecule has 0 unspecified atom stereocenters. The summed E-state index contributed by atoms with van der Waals surface area (Å²) in [5.41, 5.74) is 1.29. The van der Waals surface area contributed by atoms with Crippen LogP contribution in [0.4, 0.5) is 0 Å². The fraction of sp³-hybridized carbons (Fsp3) is 0.222. The molecule has 1 aliphatic rings. The second-order valence-electron chi connectivity index (χ2n) is 5.48. The highest BCUT2D eigenvalue weighted by Crippen LogP contribution is 2.27. The maximum Gasteiger partial charge on any atom is 0.285 e. The van der Waals surface area contributed by atoms with Gasteiger partial charge in [-0.2, -0.15) is 13.5 Å². The molecule has 0 aliphatic carbocycles. The summed E-state index contributed by atoms with van der Waals surface area (Å²) in [4.78, 5) is 0.147. The number of aliphatic hydroxyl groups is 1. The molecule has 1 aliphatic heterocycles. The van der Waals surface area contributed by atoms with Crippen LogP contribution >= 0.6 is 0 Å². The second-order valence-corrected chi connectivity index (χ2v) is 7.05. The molecule has 0 bridgehead atoms. The van der Waals surface area contributed by atoms with E-state index in [0.29, 0.717) is 12.2 Å². The van der Waals surface area contributed by atoms with E-state index in [-0.39, 0.29) is 23.9 Å². The van der Waals surface area contributed by atoms with Gasteiger partial charge in [-0.25, -0.2) is 5.01 Å². The molecular weight excluding hydrogens is 354 g/mol. The van der Waals surface area contributed by atoms with Gasteiger partial charge >= 0.3 is 0 Å². The van der Waals surface area contributed by atoms with Crippen LogP contribution in [-0.4, -0.2) is 50.3 Å². The highest BCUT2D eigenvalue weighted by molar-refractivity contribution is 7.90. The van der Waals surface area contributed by atoms with Gasteiger partial charge in [-0.05, 0) is 48.9 Å². The fourth-order valence-corrected chi connectivity index (χ4v) is 3.75. The molecule has 2 aromatic carbocycles. The van der Waals surface area contributed by atoms with Gasteiger partial charge in [0, 0.05) is 5.56 Å². The van der Waals surface area contributed by atoms with Gasteiger partial charge in [0.25, 0.3) is 10.0 Å². The third-order valence-corrected chi connectivity index (χ3v) is 5.03. The Morgan fingerprint density at radius 3 is 2.62 bits per heavy atom. The third-order valence-electron chi connectivity index (χ3n) is 3.71. The molecule has 0 saturated carbocycles. The lowest BCUT2D eigenvalue weighted by Gasteiger charge is -2.17. The van der Waals surface area contributed by atoms with Crippen LogP contribution in [0.1, 0.15) is 18.1 Å². The van der Waals surface area contributed by atoms with Crippen LogP contribution in [0.3, 0.4) is 0 Å². The van der Waals surface area contributed by atoms with Crippen molar-refractivity contribution in [3.63, 3.8) is 0 Å². The van der Waals surface area contributed by atoms with Gasteiger partial charge in [0.05, 0.1) is 26.0 Å². The first-order chi connectivity index (χ1) is 12.5. The van der Waals surface area contributed by atoms with Crippen LogP contribution in [0.2, 0.25) is 0 Å². The molecule has 0 saturated heterocycles. The zero-order valence-electron chi connectivity index (χ0n) is 14.2. The molecule has 8 heteroatoms. The molecule has 26 heavy (non-hydrogen) atoms. The standard InChI is InChI=1S/C18H19N3O4S/c1-2-25-15-9-7-14(8-10-15)13-19-21(11-12-22)18-16-5-3-4-6-17(16)26(23,24)20-18/h3-10,13,22H,2,11-12H2,1H3/b19-13-. The summed E-state index contributed by atoms with van der Waals surface area (Å²) in [6.07, 6.45) is 1.58. The number of hydrogen-bond acceptors (Lipinski definition) is 6. The Morgan fingerprint density at radius 1 is 1.19 bits per heavy atom. The fourth-order valence-electron chi connectivity index (χ4n) is 2.54. The normalized spacial score (nSPS) is 14.9. The van der Waals surface area contributed by atoms with Gasteiger partial charge in [0.1, 0.15) is 10.6 Å². The lowest BCUT2D eigenvalue weighted by molar-refractivity contribution is 0.254. The molecule has 0 fully saturated rings. The summed E-state index contributed by atoms with van der Waals surface area (Å²) in [5, 5.41) is 15.0. The topological polar surface area (TPSA) is 91.6 Å². The number of aliphatic hydroxyl groups excluding tert-OH is 1. The van der Waals surface area contributed by atoms with Crippen molar-refractivity contribution >= 4 is 22.1 Å². The van der Waals surface area contributed by atoms with E-state index < -0.39 is 10.0 Å². The van der Waals surface area contributed by atoms with E-state index in [1.807, 2.05) is 31.2 Å². The van der Waals surface area contributed by atoms with E-state index >= 15 is 0 Å². The number of hydrogen-bond donors (Lipinski definition) is 1. The number of amidine groups is 1. The minimum absolute atomic E-state index is 0.121. The number of benzene rings is 2. The molecular formula is C18H19N3O4S. The third kappa shape index (κ3) is 3.76. The molecule has 1 N–H and O–H groups in total. The molecule has 3 rings (SSSR count). The van der Waals surface area contributed by atoms with Crippen molar-refractivity contribution in [2.75, 3.05) is 19.8 Å². The largest absolute Gasteiger partial charge is 0.494 e. The smallest absolute Gasteiger partial charge is 0.285 e. The lowest BCUT2D eigenvalue weighted by Crippen LogP contribution is -2.28. The predicted molar refractivity (Wildman–Crippen MR) is 99.2 cm³/mol. The summed E-state index contributed by atoms with van der Waals surface area (Å²) in [6.45, 7) is 2.43. The van der Waals surface area contributed by atoms with Crippen LogP contribution in [-0.2, 0) is 10.0 Å². The minimum atomic E-state index is -3.74. The van der Waals surface area contributed by atoms with Gasteiger partial charge in [-0.3, -0.25) is 0 Å². The molecule has 0 amide bonds. The first-order valence-electron chi connectivity index (χ1n) is 8.15. The molecule has 2 aromatic rings. The van der Waals surface area contributed by atoms with Crippen molar-refractivity contribution in [1.29, 1.82) is 0 Å². The molecule has 1 heterocycles. The Balaban J connectivity index is 1.88. The molecule has 136 valence electrons. The van der Waals surface area contributed by atoms with E-state index in [1.165, 1.54) is 11.1 Å². The average Bonchev–Trinajstić information content (AvgIpc) is 2.92. The lowest BCUT2D eigenvalue weighted by atomic mass is 10.2. The minimum Gasteiger partial charge on any atom is -0.494 e. The number of sulfonamides is 1. The van der Waals surface area contributed by atoms with Crippen molar-refractivity contribution in [1.82, 2.24) is 5.01 Å². The van der Waals surface area contributed by atoms with Crippen molar-refractivity contribution in [2.45, 2.75) is 11.8 Å². The molecule has 0 radical (unpaired) electrons. The summed E-state index contributed by atoms with van der Waals surface area (Å²) in [5.74, 6) is 0.967. The van der Waals surface area contributed by atoms with Crippen molar-refractivity contribution < 1.29 is 18.3 Å². The Kier molecular flexibility index (Phi) is 5.34. The van der Waals surface area contributed by atoms with Crippen LogP contribution < -0.4 is 4.74 Å². The Hall–Kier alpha value is -2.71. The maximum atomic E-state index is 12.2. The highest BCUT2D eigenvalue weighted by Gasteiger charge is 2.31. The molecule has 7 nitrogen and oxygen atoms in total. The number of hydrazone groups is 1. The monoisotopic (exact) mass is 373 g/mol. The Morgan fingerprint density at radius 2 is 1.92 bits per heavy atom. The van der Waals surface area contributed by atoms with Crippen LogP contribution in [0.5, 0.6) is 5.75 Å². The van der Waals surface area contributed by atoms with Gasteiger partial charge in [0.2, 0.25) is 0 Å². The number of nitrogens with zero attached hydrogens (tertiary/aromatic N) is 3. The van der Waals surface area contributed by atoms with E-state index in [1.54, 1.807) is 24.4 Å². The Bertz CT molecular complexity index is 937.